The first-order valence-corrected chi connectivity index (χ1v) is 16.5. The molecule has 15 nitrogen and oxygen atoms in total. The Morgan fingerprint density at radius 1 is 1.22 bits per heavy atom. The molecule has 3 aromatic rings. The van der Waals surface area contributed by atoms with Crippen LogP contribution in [0.5, 0.6) is 5.75 Å². The minimum Gasteiger partial charge on any atom is -0.508 e. The SMILES string of the molecule is Cc1nnc(SCC2=C(C(=O)O)N3C(=O)C(NC(=O)C(c4ccc(O)cc4)N(C(N)=O)c4cnc(C5CC5)[nH]c4=O)[C@H]3SC2)s1. The van der Waals surface area contributed by atoms with Crippen molar-refractivity contribution < 1.29 is 29.4 Å². The van der Waals surface area contributed by atoms with Crippen molar-refractivity contribution in [3.05, 3.63) is 68.5 Å². The third kappa shape index (κ3) is 5.99. The summed E-state index contributed by atoms with van der Waals surface area (Å²) in [5.41, 5.74) is 5.33. The van der Waals surface area contributed by atoms with Crippen LogP contribution in [0.4, 0.5) is 10.5 Å². The van der Waals surface area contributed by atoms with Gasteiger partial charge in [0.05, 0.1) is 6.20 Å². The molecule has 234 valence electrons. The number of fused-ring (bicyclic) bond motifs is 1. The molecule has 0 spiro atoms. The lowest BCUT2D eigenvalue weighted by Gasteiger charge is -2.49. The van der Waals surface area contributed by atoms with Gasteiger partial charge in [0, 0.05) is 17.4 Å². The number of carboxylic acid groups (broad SMARTS) is 1. The number of carbonyl (C=O) groups excluding carboxylic acids is 3. The number of rotatable bonds is 10. The molecule has 0 bridgehead atoms. The number of thioether (sulfide) groups is 2. The summed E-state index contributed by atoms with van der Waals surface area (Å²) in [6.07, 6.45) is 2.92. The van der Waals surface area contributed by atoms with Crippen molar-refractivity contribution in [2.45, 2.75) is 47.5 Å². The lowest BCUT2D eigenvalue weighted by Crippen LogP contribution is -2.71. The zero-order valence-corrected chi connectivity index (χ0v) is 25.9. The fourth-order valence-corrected chi connectivity index (χ4v) is 8.41. The second-order valence-electron chi connectivity index (χ2n) is 10.5. The zero-order chi connectivity index (χ0) is 32.0. The van der Waals surface area contributed by atoms with Gasteiger partial charge in [-0.1, -0.05) is 35.2 Å². The highest BCUT2D eigenvalue weighted by molar-refractivity contribution is 8.01. The molecule has 45 heavy (non-hydrogen) atoms. The van der Waals surface area contributed by atoms with Crippen LogP contribution in [0.15, 0.2) is 50.9 Å². The number of carbonyl (C=O) groups is 4. The highest BCUT2D eigenvalue weighted by atomic mass is 32.2. The highest BCUT2D eigenvalue weighted by Crippen LogP contribution is 2.42. The maximum Gasteiger partial charge on any atom is 0.352 e. The fraction of sp³-hybridized carbons (Fsp3) is 0.333. The summed E-state index contributed by atoms with van der Waals surface area (Å²) in [7, 11) is 0. The van der Waals surface area contributed by atoms with E-state index in [-0.39, 0.29) is 40.1 Å². The van der Waals surface area contributed by atoms with E-state index in [1.165, 1.54) is 65.3 Å². The average molecular weight is 671 g/mol. The molecule has 6 rings (SSSR count). The molecule has 6 N–H and O–H groups in total. The summed E-state index contributed by atoms with van der Waals surface area (Å²) in [5, 5.41) is 30.6. The van der Waals surface area contributed by atoms with Gasteiger partial charge in [0.1, 0.15) is 45.4 Å². The van der Waals surface area contributed by atoms with E-state index in [0.29, 0.717) is 15.7 Å². The molecule has 4 amide bonds. The molecule has 1 aliphatic carbocycles. The molecule has 2 fully saturated rings. The Labute approximate surface area is 267 Å². The number of H-pyrrole nitrogens is 1. The van der Waals surface area contributed by atoms with Crippen molar-refractivity contribution in [3.63, 3.8) is 0 Å². The fourth-order valence-electron chi connectivity index (χ4n) is 5.11. The van der Waals surface area contributed by atoms with E-state index >= 15 is 0 Å². The molecule has 2 aliphatic heterocycles. The van der Waals surface area contributed by atoms with Crippen molar-refractivity contribution in [2.24, 2.45) is 5.73 Å². The summed E-state index contributed by atoms with van der Waals surface area (Å²) in [5.74, 6) is -1.72. The van der Waals surface area contributed by atoms with Gasteiger partial charge >= 0.3 is 12.0 Å². The topological polar surface area (TPSA) is 225 Å². The Hall–Kier alpha value is -4.42. The number of aliphatic carboxylic acids is 1. The van der Waals surface area contributed by atoms with Crippen molar-refractivity contribution in [2.75, 3.05) is 16.4 Å². The Bertz CT molecular complexity index is 1790. The molecular formula is C27H26N8O7S3. The number of nitrogens with zero attached hydrogens (tertiary/aromatic N) is 5. The lowest BCUT2D eigenvalue weighted by atomic mass is 10.00. The van der Waals surface area contributed by atoms with E-state index in [0.717, 1.165) is 27.6 Å². The number of primary amides is 1. The van der Waals surface area contributed by atoms with Crippen molar-refractivity contribution in [1.82, 2.24) is 30.4 Å². The van der Waals surface area contributed by atoms with Crippen LogP contribution in [0.2, 0.25) is 0 Å². The number of aromatic nitrogens is 4. The number of hydrogen-bond donors (Lipinski definition) is 5. The summed E-state index contributed by atoms with van der Waals surface area (Å²) in [6.45, 7) is 1.81. The van der Waals surface area contributed by atoms with Gasteiger partial charge in [-0.3, -0.25) is 24.2 Å². The van der Waals surface area contributed by atoms with Crippen LogP contribution in [-0.4, -0.2) is 82.0 Å². The van der Waals surface area contributed by atoms with Gasteiger partial charge in [-0.2, -0.15) is 0 Å². The molecule has 1 saturated carbocycles. The number of phenolic OH excluding ortho intramolecular Hbond substituents is 1. The molecule has 1 saturated heterocycles. The number of nitrogens with one attached hydrogen (secondary N) is 2. The Kier molecular flexibility index (Phi) is 8.27. The van der Waals surface area contributed by atoms with Crippen LogP contribution in [0.3, 0.4) is 0 Å². The Morgan fingerprint density at radius 3 is 2.56 bits per heavy atom. The number of aromatic amines is 1. The van der Waals surface area contributed by atoms with Gasteiger partial charge in [0.15, 0.2) is 4.34 Å². The first kappa shape index (κ1) is 30.6. The van der Waals surface area contributed by atoms with Crippen LogP contribution >= 0.6 is 34.9 Å². The number of hydrogen-bond acceptors (Lipinski definition) is 12. The minimum absolute atomic E-state index is 0.108. The number of aryl methyl sites for hydroxylation is 1. The van der Waals surface area contributed by atoms with Gasteiger partial charge in [0.2, 0.25) is 5.91 Å². The number of urea groups is 1. The first-order chi connectivity index (χ1) is 21.5. The van der Waals surface area contributed by atoms with E-state index < -0.39 is 46.8 Å². The Morgan fingerprint density at radius 2 is 1.96 bits per heavy atom. The normalized spacial score (nSPS) is 19.8. The van der Waals surface area contributed by atoms with E-state index in [1.807, 2.05) is 6.92 Å². The minimum atomic E-state index is -1.54. The molecule has 0 radical (unpaired) electrons. The molecular weight excluding hydrogens is 645 g/mol. The number of phenols is 1. The second-order valence-corrected chi connectivity index (χ2v) is 14.0. The Balaban J connectivity index is 1.27. The highest BCUT2D eigenvalue weighted by Gasteiger charge is 2.55. The van der Waals surface area contributed by atoms with Crippen molar-refractivity contribution in [3.8, 4) is 5.75 Å². The maximum atomic E-state index is 13.9. The number of anilines is 1. The van der Waals surface area contributed by atoms with Gasteiger partial charge in [-0.25, -0.2) is 14.6 Å². The molecule has 18 heteroatoms. The maximum absolute atomic E-state index is 13.9. The van der Waals surface area contributed by atoms with Crippen molar-refractivity contribution in [1.29, 1.82) is 0 Å². The third-order valence-electron chi connectivity index (χ3n) is 7.40. The molecule has 3 aliphatic rings. The van der Waals surface area contributed by atoms with Gasteiger partial charge in [0.25, 0.3) is 11.5 Å². The van der Waals surface area contributed by atoms with Crippen LogP contribution in [-0.2, 0) is 14.4 Å². The summed E-state index contributed by atoms with van der Waals surface area (Å²) in [6, 6.07) is 1.57. The monoisotopic (exact) mass is 670 g/mol. The average Bonchev–Trinajstić information content (AvgIpc) is 3.78. The lowest BCUT2D eigenvalue weighted by molar-refractivity contribution is -0.150. The third-order valence-corrected chi connectivity index (χ3v) is 10.8. The molecule has 2 unspecified atom stereocenters. The van der Waals surface area contributed by atoms with Crippen LogP contribution in [0.25, 0.3) is 0 Å². The van der Waals surface area contributed by atoms with Crippen molar-refractivity contribution >= 4 is 64.4 Å². The second kappa shape index (κ2) is 12.2. The predicted octanol–water partition coefficient (Wildman–Crippen LogP) is 1.67. The summed E-state index contributed by atoms with van der Waals surface area (Å²) >= 11 is 3.99. The summed E-state index contributed by atoms with van der Waals surface area (Å²) < 4.78 is 0.674. The van der Waals surface area contributed by atoms with E-state index in [9.17, 15) is 34.2 Å². The number of amides is 4. The van der Waals surface area contributed by atoms with Crippen LogP contribution in [0.1, 0.15) is 41.2 Å². The van der Waals surface area contributed by atoms with Gasteiger partial charge in [-0.05, 0) is 43.0 Å². The van der Waals surface area contributed by atoms with Gasteiger partial charge < -0.3 is 26.2 Å². The van der Waals surface area contributed by atoms with Crippen LogP contribution in [0, 0.1) is 6.92 Å². The van der Waals surface area contributed by atoms with E-state index in [2.05, 4.69) is 25.5 Å². The number of aromatic hydroxyl groups is 1. The van der Waals surface area contributed by atoms with Gasteiger partial charge in [-0.15, -0.1) is 22.0 Å². The van der Waals surface area contributed by atoms with Crippen LogP contribution < -0.4 is 21.5 Å². The standard InChI is InChI=1S/C27H26N8O7S3/c1-11-32-33-27(45-11)44-10-14-9-43-24-17(23(39)35(24)19(14)25(40)41)30-22(38)18(12-4-6-15(36)7-5-12)34(26(28)42)16-8-29-20(13-2-3-13)31-21(16)37/h4-8,13,17-18,24,36H,2-3,9-10H2,1H3,(H2,28,42)(H,30,38)(H,40,41)(H,29,31,37)/t17?,18?,24-/m1/s1. The summed E-state index contributed by atoms with van der Waals surface area (Å²) in [4.78, 5) is 74.4. The zero-order valence-electron chi connectivity index (χ0n) is 23.5. The smallest absolute Gasteiger partial charge is 0.352 e. The molecule has 2 aromatic heterocycles. The first-order valence-electron chi connectivity index (χ1n) is 13.6. The molecule has 3 atom stereocenters. The number of carboxylic acids is 1. The largest absolute Gasteiger partial charge is 0.508 e. The number of benzene rings is 1. The number of nitrogens with two attached hydrogens (primary N) is 1. The number of β-lactam (4-membered cyclic amide) rings is 1. The van der Waals surface area contributed by atoms with E-state index in [1.54, 1.807) is 0 Å². The quantitative estimate of drug-likeness (QED) is 0.153. The van der Waals surface area contributed by atoms with E-state index in [4.69, 9.17) is 5.73 Å². The molecule has 4 heterocycles. The predicted molar refractivity (Wildman–Crippen MR) is 165 cm³/mol. The molecule has 1 aromatic carbocycles.